The summed E-state index contributed by atoms with van der Waals surface area (Å²) in [6.07, 6.45) is 7.11. The zero-order valence-electron chi connectivity index (χ0n) is 24.0. The van der Waals surface area contributed by atoms with Crippen molar-refractivity contribution < 1.29 is 18.3 Å². The van der Waals surface area contributed by atoms with Gasteiger partial charge in [-0.2, -0.15) is 4.98 Å². The fraction of sp³-hybridized carbons (Fsp3) is 0.655. The SMILES string of the molecule is COCc1cnc(Nc2ccc(S(=O)(=O)C3CC4(CCN(C(C)I)CC4)C3)cc2C)nc1N1CCC[C@](C)(O)C1. The van der Waals surface area contributed by atoms with Gasteiger partial charge in [0.1, 0.15) is 5.82 Å². The Morgan fingerprint density at radius 3 is 2.58 bits per heavy atom. The lowest BCUT2D eigenvalue weighted by atomic mass is 9.63. The monoisotopic (exact) mass is 683 g/mol. The number of aromatic nitrogens is 2. The van der Waals surface area contributed by atoms with Crippen LogP contribution in [-0.4, -0.2) is 76.6 Å². The predicted octanol–water partition coefficient (Wildman–Crippen LogP) is 4.83. The van der Waals surface area contributed by atoms with Gasteiger partial charge in [-0.1, -0.05) is 22.6 Å². The van der Waals surface area contributed by atoms with E-state index in [4.69, 9.17) is 9.72 Å². The van der Waals surface area contributed by atoms with Crippen molar-refractivity contribution >= 4 is 49.9 Å². The molecule has 0 bridgehead atoms. The lowest BCUT2D eigenvalue weighted by Crippen LogP contribution is -2.52. The van der Waals surface area contributed by atoms with Crippen LogP contribution in [0.2, 0.25) is 0 Å². The molecule has 1 spiro atoms. The van der Waals surface area contributed by atoms with E-state index < -0.39 is 15.4 Å². The second kappa shape index (κ2) is 11.6. The molecule has 2 N–H and O–H groups in total. The third-order valence-electron chi connectivity index (χ3n) is 9.01. The van der Waals surface area contributed by atoms with Crippen molar-refractivity contribution in [1.29, 1.82) is 0 Å². The van der Waals surface area contributed by atoms with Gasteiger partial charge in [-0.05, 0) is 102 Å². The van der Waals surface area contributed by atoms with Gasteiger partial charge in [-0.3, -0.25) is 4.90 Å². The maximum absolute atomic E-state index is 13.5. The van der Waals surface area contributed by atoms with Crippen molar-refractivity contribution in [2.45, 2.75) is 85.7 Å². The molecule has 220 valence electrons. The highest BCUT2D eigenvalue weighted by Gasteiger charge is 2.51. The molecule has 1 aromatic carbocycles. The number of aryl methyl sites for hydroxylation is 1. The summed E-state index contributed by atoms with van der Waals surface area (Å²) in [5.74, 6) is 1.17. The molecule has 2 aliphatic heterocycles. The van der Waals surface area contributed by atoms with Crippen LogP contribution in [0, 0.1) is 12.3 Å². The van der Waals surface area contributed by atoms with E-state index in [9.17, 15) is 13.5 Å². The molecule has 11 heteroatoms. The van der Waals surface area contributed by atoms with Gasteiger partial charge in [0.15, 0.2) is 9.84 Å². The zero-order valence-corrected chi connectivity index (χ0v) is 27.0. The molecular weight excluding hydrogens is 641 g/mol. The Labute approximate surface area is 252 Å². The first-order valence-electron chi connectivity index (χ1n) is 14.2. The molecule has 3 heterocycles. The van der Waals surface area contributed by atoms with E-state index in [1.807, 2.05) is 19.9 Å². The smallest absolute Gasteiger partial charge is 0.229 e. The first kappa shape index (κ1) is 29.9. The van der Waals surface area contributed by atoms with Crippen LogP contribution >= 0.6 is 22.6 Å². The molecule has 1 unspecified atom stereocenters. The quantitative estimate of drug-likeness (QED) is 0.230. The van der Waals surface area contributed by atoms with Crippen LogP contribution in [-0.2, 0) is 21.2 Å². The summed E-state index contributed by atoms with van der Waals surface area (Å²) >= 11 is 2.46. The molecule has 3 fully saturated rings. The number of ether oxygens (including phenoxy) is 1. The van der Waals surface area contributed by atoms with Crippen LogP contribution in [0.25, 0.3) is 0 Å². The second-order valence-electron chi connectivity index (χ2n) is 12.3. The highest BCUT2D eigenvalue weighted by molar-refractivity contribution is 14.1. The summed E-state index contributed by atoms with van der Waals surface area (Å²) in [6, 6.07) is 5.29. The molecule has 0 amide bonds. The molecule has 40 heavy (non-hydrogen) atoms. The molecule has 9 nitrogen and oxygen atoms in total. The van der Waals surface area contributed by atoms with Crippen LogP contribution < -0.4 is 10.2 Å². The van der Waals surface area contributed by atoms with Crippen LogP contribution in [0.15, 0.2) is 29.3 Å². The number of likely N-dealkylation sites (tertiary alicyclic amines) is 1. The van der Waals surface area contributed by atoms with Gasteiger partial charge >= 0.3 is 0 Å². The summed E-state index contributed by atoms with van der Waals surface area (Å²) in [4.78, 5) is 14.3. The Bertz CT molecular complexity index is 1320. The number of piperidine rings is 2. The second-order valence-corrected chi connectivity index (χ2v) is 16.3. The summed E-state index contributed by atoms with van der Waals surface area (Å²) in [6.45, 7) is 9.76. The minimum absolute atomic E-state index is 0.197. The maximum Gasteiger partial charge on any atom is 0.229 e. The van der Waals surface area contributed by atoms with Crippen LogP contribution in [0.5, 0.6) is 0 Å². The van der Waals surface area contributed by atoms with Gasteiger partial charge in [0.25, 0.3) is 0 Å². The van der Waals surface area contributed by atoms with Gasteiger partial charge in [0.2, 0.25) is 5.95 Å². The van der Waals surface area contributed by atoms with Gasteiger partial charge in [0.05, 0.1) is 26.4 Å². The maximum atomic E-state index is 13.5. The van der Waals surface area contributed by atoms with E-state index in [1.165, 1.54) is 0 Å². The molecule has 3 aliphatic rings. The van der Waals surface area contributed by atoms with Crippen molar-refractivity contribution in [3.63, 3.8) is 0 Å². The topological polar surface area (TPSA) is 108 Å². The van der Waals surface area contributed by atoms with Gasteiger partial charge in [0, 0.05) is 37.6 Å². The third kappa shape index (κ3) is 6.28. The summed E-state index contributed by atoms with van der Waals surface area (Å²) in [7, 11) is -1.74. The Hall–Kier alpha value is -1.54. The number of β-amino-alcohol motifs (C(OH)–C–C–N with tert-alkyl or cyclic N) is 1. The Morgan fingerprint density at radius 1 is 1.23 bits per heavy atom. The molecule has 0 radical (unpaired) electrons. The lowest BCUT2D eigenvalue weighted by molar-refractivity contribution is 0.0362. The number of sulfone groups is 1. The predicted molar refractivity (Wildman–Crippen MR) is 166 cm³/mol. The van der Waals surface area contributed by atoms with E-state index in [0.29, 0.717) is 28.0 Å². The zero-order chi connectivity index (χ0) is 28.7. The molecule has 1 aliphatic carbocycles. The van der Waals surface area contributed by atoms with Gasteiger partial charge in [-0.15, -0.1) is 0 Å². The number of hydrogen-bond acceptors (Lipinski definition) is 9. The van der Waals surface area contributed by atoms with Gasteiger partial charge < -0.3 is 20.1 Å². The number of halogens is 1. The van der Waals surface area contributed by atoms with E-state index >= 15 is 0 Å². The van der Waals surface area contributed by atoms with Crippen LogP contribution in [0.1, 0.15) is 63.5 Å². The van der Waals surface area contributed by atoms with Crippen molar-refractivity contribution in [2.75, 3.05) is 43.5 Å². The van der Waals surface area contributed by atoms with Crippen molar-refractivity contribution in [1.82, 2.24) is 14.9 Å². The average molecular weight is 684 g/mol. The van der Waals surface area contributed by atoms with E-state index in [2.05, 4.69) is 49.6 Å². The first-order chi connectivity index (χ1) is 18.9. The number of methoxy groups -OCH3 is 1. The fourth-order valence-corrected chi connectivity index (χ4v) is 9.23. The normalized spacial score (nSPS) is 24.6. The highest BCUT2D eigenvalue weighted by Crippen LogP contribution is 2.53. The van der Waals surface area contributed by atoms with Crippen LogP contribution in [0.4, 0.5) is 17.5 Å². The summed E-state index contributed by atoms with van der Waals surface area (Å²) in [5.41, 5.74) is 1.87. The average Bonchev–Trinajstić information content (AvgIpc) is 2.88. The summed E-state index contributed by atoms with van der Waals surface area (Å²) < 4.78 is 32.9. The minimum atomic E-state index is -3.38. The highest BCUT2D eigenvalue weighted by atomic mass is 127. The number of nitrogens with zero attached hydrogens (tertiary/aromatic N) is 4. The van der Waals surface area contributed by atoms with E-state index in [0.717, 1.165) is 80.8 Å². The minimum Gasteiger partial charge on any atom is -0.388 e. The molecule has 1 aromatic heterocycles. The number of aliphatic hydroxyl groups is 1. The number of anilines is 3. The molecular formula is C29H42IN5O4S. The van der Waals surface area contributed by atoms with Crippen molar-refractivity contribution in [2.24, 2.45) is 5.41 Å². The molecule has 5 rings (SSSR count). The largest absolute Gasteiger partial charge is 0.388 e. The molecule has 1 saturated carbocycles. The van der Waals surface area contributed by atoms with Crippen molar-refractivity contribution in [3.8, 4) is 0 Å². The number of rotatable bonds is 8. The molecule has 2 atom stereocenters. The third-order valence-corrected chi connectivity index (χ3v) is 11.9. The van der Waals surface area contributed by atoms with E-state index in [-0.39, 0.29) is 10.7 Å². The Kier molecular flexibility index (Phi) is 8.70. The Balaban J connectivity index is 1.28. The number of nitrogens with one attached hydrogen (secondary N) is 1. The van der Waals surface area contributed by atoms with E-state index in [1.54, 1.807) is 25.4 Å². The van der Waals surface area contributed by atoms with Crippen LogP contribution in [0.3, 0.4) is 0 Å². The molecule has 2 aromatic rings. The van der Waals surface area contributed by atoms with Gasteiger partial charge in [-0.25, -0.2) is 13.4 Å². The summed E-state index contributed by atoms with van der Waals surface area (Å²) in [5, 5.41) is 13.6. The number of benzene rings is 1. The first-order valence-corrected chi connectivity index (χ1v) is 17.0. The number of hydrogen-bond donors (Lipinski definition) is 2. The molecule has 2 saturated heterocycles. The lowest BCUT2D eigenvalue weighted by Gasteiger charge is -2.52. The van der Waals surface area contributed by atoms with Crippen molar-refractivity contribution in [3.05, 3.63) is 35.5 Å². The Morgan fingerprint density at radius 2 is 1.95 bits per heavy atom. The fourth-order valence-electron chi connectivity index (χ4n) is 6.54. The standard InChI is InChI=1S/C29H42IN5O4S/c1-20-14-23(40(37,38)24-15-29(16-24)9-12-34(13-10-29)21(2)30)6-7-25(20)32-27-31-17-22(18-39-4)26(33-27)35-11-5-8-28(3,36)19-35/h6-7,14,17,21,24,36H,5,8-13,15-16,18-19H2,1-4H3,(H,31,32,33)/t21?,28-/m0/s1. The number of alkyl halides is 1.